The van der Waals surface area contributed by atoms with Crippen molar-refractivity contribution in [2.45, 2.75) is 0 Å². The predicted molar refractivity (Wildman–Crippen MR) is 78.4 cm³/mol. The Hall–Kier alpha value is -3.09. The number of nitrogens with two attached hydrogens (primary N) is 1. The number of anilines is 1. The summed E-state index contributed by atoms with van der Waals surface area (Å²) in [6.45, 7) is 0. The van der Waals surface area contributed by atoms with Crippen LogP contribution in [0.3, 0.4) is 0 Å². The molecule has 3 aromatic rings. The van der Waals surface area contributed by atoms with Gasteiger partial charge in [0.1, 0.15) is 11.4 Å². The minimum atomic E-state index is -1.70. The first kappa shape index (κ1) is 14.8. The second-order valence-electron chi connectivity index (χ2n) is 4.80. The van der Waals surface area contributed by atoms with Crippen LogP contribution in [0.25, 0.3) is 22.0 Å². The van der Waals surface area contributed by atoms with Gasteiger partial charge >= 0.3 is 5.97 Å². The van der Waals surface area contributed by atoms with E-state index in [1.807, 2.05) is 0 Å². The quantitative estimate of drug-likeness (QED) is 0.708. The van der Waals surface area contributed by atoms with Gasteiger partial charge < -0.3 is 10.8 Å². The lowest BCUT2D eigenvalue weighted by atomic mass is 9.95. The number of rotatable bonds is 2. The van der Waals surface area contributed by atoms with E-state index in [1.165, 1.54) is 12.1 Å². The van der Waals surface area contributed by atoms with Crippen molar-refractivity contribution in [3.63, 3.8) is 0 Å². The van der Waals surface area contributed by atoms with Crippen LogP contribution in [0.1, 0.15) is 10.4 Å². The molecule has 0 aliphatic heterocycles. The largest absolute Gasteiger partial charge is 0.478 e. The van der Waals surface area contributed by atoms with Crippen molar-refractivity contribution in [3.05, 3.63) is 59.4 Å². The van der Waals surface area contributed by atoms with E-state index in [4.69, 9.17) is 5.73 Å². The molecule has 0 saturated carbocycles. The standard InChI is InChI=1S/C16H9F3N2O2/c17-8-6-9-11(14(19)13(8)18)10(7-4-2-1-3-5-7)12(16(22)23)15(20)21-9/h1-6H,(H2,20,21)(H,22,23). The first-order valence-electron chi connectivity index (χ1n) is 6.47. The molecule has 0 saturated heterocycles. The van der Waals surface area contributed by atoms with Crippen molar-refractivity contribution in [1.29, 1.82) is 0 Å². The molecule has 0 aliphatic carbocycles. The summed E-state index contributed by atoms with van der Waals surface area (Å²) in [7, 11) is 0. The summed E-state index contributed by atoms with van der Waals surface area (Å²) >= 11 is 0. The zero-order valence-corrected chi connectivity index (χ0v) is 11.5. The van der Waals surface area contributed by atoms with E-state index in [1.54, 1.807) is 18.2 Å². The molecule has 0 fully saturated rings. The van der Waals surface area contributed by atoms with Gasteiger partial charge in [-0.05, 0) is 5.56 Å². The van der Waals surface area contributed by atoms with Crippen molar-refractivity contribution < 1.29 is 23.1 Å². The molecule has 3 rings (SSSR count). The second kappa shape index (κ2) is 5.28. The Balaban J connectivity index is 2.59. The molecule has 0 bridgehead atoms. The molecule has 0 radical (unpaired) electrons. The molecule has 0 spiro atoms. The van der Waals surface area contributed by atoms with Gasteiger partial charge in [0.15, 0.2) is 17.5 Å². The molecular weight excluding hydrogens is 309 g/mol. The zero-order chi connectivity index (χ0) is 16.7. The first-order chi connectivity index (χ1) is 10.9. The molecule has 0 unspecified atom stereocenters. The number of aromatic nitrogens is 1. The second-order valence-corrected chi connectivity index (χ2v) is 4.80. The number of halogens is 3. The van der Waals surface area contributed by atoms with Gasteiger partial charge in [-0.3, -0.25) is 0 Å². The summed E-state index contributed by atoms with van der Waals surface area (Å²) in [5.74, 6) is -6.48. The molecule has 1 aromatic heterocycles. The van der Waals surface area contributed by atoms with E-state index in [2.05, 4.69) is 4.98 Å². The molecular formula is C16H9F3N2O2. The van der Waals surface area contributed by atoms with Gasteiger partial charge in [-0.25, -0.2) is 22.9 Å². The summed E-state index contributed by atoms with van der Waals surface area (Å²) in [5, 5.41) is 8.94. The Labute approximate surface area is 128 Å². The smallest absolute Gasteiger partial charge is 0.340 e. The third-order valence-electron chi connectivity index (χ3n) is 3.41. The van der Waals surface area contributed by atoms with E-state index in [0.717, 1.165) is 0 Å². The van der Waals surface area contributed by atoms with Crippen molar-refractivity contribution in [2.75, 3.05) is 5.73 Å². The van der Waals surface area contributed by atoms with Crippen LogP contribution in [0.15, 0.2) is 36.4 Å². The van der Waals surface area contributed by atoms with Gasteiger partial charge in [-0.1, -0.05) is 30.3 Å². The highest BCUT2D eigenvalue weighted by molar-refractivity contribution is 6.09. The van der Waals surface area contributed by atoms with Crippen LogP contribution < -0.4 is 5.73 Å². The number of carboxylic acids is 1. The molecule has 0 amide bonds. The minimum Gasteiger partial charge on any atom is -0.478 e. The Morgan fingerprint density at radius 1 is 1.09 bits per heavy atom. The SMILES string of the molecule is Nc1nc2cc(F)c(F)c(F)c2c(-c2ccccc2)c1C(=O)O. The number of hydrogen-bond donors (Lipinski definition) is 2. The number of fused-ring (bicyclic) bond motifs is 1. The number of hydrogen-bond acceptors (Lipinski definition) is 3. The maximum atomic E-state index is 14.3. The van der Waals surface area contributed by atoms with Crippen molar-refractivity contribution in [3.8, 4) is 11.1 Å². The van der Waals surface area contributed by atoms with Gasteiger partial charge in [-0.2, -0.15) is 0 Å². The van der Waals surface area contributed by atoms with E-state index >= 15 is 0 Å². The fourth-order valence-corrected chi connectivity index (χ4v) is 2.46. The van der Waals surface area contributed by atoms with Crippen LogP contribution in [-0.4, -0.2) is 16.1 Å². The van der Waals surface area contributed by atoms with Gasteiger partial charge in [-0.15, -0.1) is 0 Å². The summed E-state index contributed by atoms with van der Waals surface area (Å²) < 4.78 is 41.3. The first-order valence-corrected chi connectivity index (χ1v) is 6.47. The highest BCUT2D eigenvalue weighted by Gasteiger charge is 2.25. The number of pyridine rings is 1. The number of carbonyl (C=O) groups is 1. The maximum absolute atomic E-state index is 14.3. The van der Waals surface area contributed by atoms with Crippen molar-refractivity contribution >= 4 is 22.7 Å². The monoisotopic (exact) mass is 318 g/mol. The van der Waals surface area contributed by atoms with E-state index in [9.17, 15) is 23.1 Å². The highest BCUT2D eigenvalue weighted by atomic mass is 19.2. The minimum absolute atomic E-state index is 0.142. The van der Waals surface area contributed by atoms with E-state index in [-0.39, 0.29) is 11.1 Å². The lowest BCUT2D eigenvalue weighted by molar-refractivity contribution is 0.0698. The highest BCUT2D eigenvalue weighted by Crippen LogP contribution is 2.36. The van der Waals surface area contributed by atoms with Crippen molar-refractivity contribution in [1.82, 2.24) is 4.98 Å². The molecule has 4 nitrogen and oxygen atoms in total. The summed E-state index contributed by atoms with van der Waals surface area (Å²) in [6.07, 6.45) is 0. The molecule has 2 aromatic carbocycles. The summed E-state index contributed by atoms with van der Waals surface area (Å²) in [4.78, 5) is 15.2. The zero-order valence-electron chi connectivity index (χ0n) is 11.5. The lowest BCUT2D eigenvalue weighted by Gasteiger charge is -2.14. The van der Waals surface area contributed by atoms with Crippen molar-refractivity contribution in [2.24, 2.45) is 0 Å². The molecule has 0 atom stereocenters. The van der Waals surface area contributed by atoms with Crippen LogP contribution in [0.4, 0.5) is 19.0 Å². The lowest BCUT2D eigenvalue weighted by Crippen LogP contribution is -2.09. The molecule has 23 heavy (non-hydrogen) atoms. The van der Waals surface area contributed by atoms with Crippen LogP contribution in [0, 0.1) is 17.5 Å². The Morgan fingerprint density at radius 2 is 1.74 bits per heavy atom. The van der Waals surface area contributed by atoms with E-state index < -0.39 is 40.2 Å². The third kappa shape index (κ3) is 2.26. The predicted octanol–water partition coefficient (Wildman–Crippen LogP) is 3.60. The van der Waals surface area contributed by atoms with Crippen LogP contribution in [-0.2, 0) is 0 Å². The molecule has 1 heterocycles. The third-order valence-corrected chi connectivity index (χ3v) is 3.41. The molecule has 7 heteroatoms. The Kier molecular flexibility index (Phi) is 3.40. The topological polar surface area (TPSA) is 76.2 Å². The molecule has 116 valence electrons. The molecule has 3 N–H and O–H groups in total. The Morgan fingerprint density at radius 3 is 2.35 bits per heavy atom. The van der Waals surface area contributed by atoms with E-state index in [0.29, 0.717) is 11.6 Å². The average Bonchev–Trinajstić information content (AvgIpc) is 2.52. The summed E-state index contributed by atoms with van der Waals surface area (Å²) in [6, 6.07) is 8.58. The van der Waals surface area contributed by atoms with Gasteiger partial charge in [0.05, 0.1) is 5.52 Å². The fourth-order valence-electron chi connectivity index (χ4n) is 2.46. The average molecular weight is 318 g/mol. The fraction of sp³-hybridized carbons (Fsp3) is 0. The molecule has 0 aliphatic rings. The van der Waals surface area contributed by atoms with Gasteiger partial charge in [0.2, 0.25) is 0 Å². The number of benzene rings is 2. The summed E-state index contributed by atoms with van der Waals surface area (Å²) in [5.41, 5.74) is 5.07. The van der Waals surface area contributed by atoms with Gasteiger partial charge in [0.25, 0.3) is 0 Å². The maximum Gasteiger partial charge on any atom is 0.340 e. The Bertz CT molecular complexity index is 943. The number of aromatic carboxylic acids is 1. The van der Waals surface area contributed by atoms with Gasteiger partial charge in [0, 0.05) is 17.0 Å². The van der Waals surface area contributed by atoms with Crippen LogP contribution in [0.2, 0.25) is 0 Å². The number of nitrogens with zero attached hydrogens (tertiary/aromatic N) is 1. The normalized spacial score (nSPS) is 10.9. The number of carboxylic acid groups (broad SMARTS) is 1. The number of nitrogen functional groups attached to an aromatic ring is 1. The van der Waals surface area contributed by atoms with Crippen LogP contribution >= 0.6 is 0 Å². The van der Waals surface area contributed by atoms with Crippen LogP contribution in [0.5, 0.6) is 0 Å².